The fourth-order valence-electron chi connectivity index (χ4n) is 3.57. The average Bonchev–Trinajstić information content (AvgIpc) is 3.00. The van der Waals surface area contributed by atoms with Gasteiger partial charge in [0.05, 0.1) is 11.2 Å². The SMILES string of the molecule is CC(C)c1cc(-c2cccc(C#C[C@]3(O)CCN(C)C3=O)c2)nc2c(N)ncnc12. The van der Waals surface area contributed by atoms with Gasteiger partial charge >= 0.3 is 0 Å². The Balaban J connectivity index is 1.77. The highest BCUT2D eigenvalue weighted by Gasteiger charge is 2.42. The lowest BCUT2D eigenvalue weighted by molar-refractivity contribution is -0.137. The number of anilines is 1. The summed E-state index contributed by atoms with van der Waals surface area (Å²) in [5, 5.41) is 10.5. The van der Waals surface area contributed by atoms with Crippen molar-refractivity contribution in [3.63, 3.8) is 0 Å². The van der Waals surface area contributed by atoms with Crippen LogP contribution in [0.15, 0.2) is 36.7 Å². The maximum absolute atomic E-state index is 12.1. The van der Waals surface area contributed by atoms with E-state index in [1.807, 2.05) is 30.3 Å². The van der Waals surface area contributed by atoms with Gasteiger partial charge in [-0.05, 0) is 29.7 Å². The number of nitrogen functional groups attached to an aromatic ring is 1. The topological polar surface area (TPSA) is 105 Å². The van der Waals surface area contributed by atoms with Crippen molar-refractivity contribution < 1.29 is 9.90 Å². The van der Waals surface area contributed by atoms with Gasteiger partial charge < -0.3 is 15.7 Å². The van der Waals surface area contributed by atoms with Gasteiger partial charge in [0, 0.05) is 31.1 Å². The van der Waals surface area contributed by atoms with Crippen molar-refractivity contribution in [3.05, 3.63) is 47.8 Å². The van der Waals surface area contributed by atoms with Gasteiger partial charge in [-0.3, -0.25) is 4.79 Å². The smallest absolute Gasteiger partial charge is 0.267 e. The van der Waals surface area contributed by atoms with Gasteiger partial charge in [-0.15, -0.1) is 0 Å². The predicted molar refractivity (Wildman–Crippen MR) is 115 cm³/mol. The van der Waals surface area contributed by atoms with E-state index >= 15 is 0 Å². The number of benzene rings is 1. The van der Waals surface area contributed by atoms with Crippen molar-refractivity contribution in [3.8, 4) is 23.1 Å². The third kappa shape index (κ3) is 3.46. The van der Waals surface area contributed by atoms with Gasteiger partial charge in [-0.1, -0.05) is 37.8 Å². The molecule has 2 aromatic heterocycles. The molecule has 1 aromatic carbocycles. The molecule has 1 amide bonds. The van der Waals surface area contributed by atoms with Crippen LogP contribution in [0.25, 0.3) is 22.3 Å². The molecule has 30 heavy (non-hydrogen) atoms. The summed E-state index contributed by atoms with van der Waals surface area (Å²) in [6, 6.07) is 9.54. The molecule has 0 unspecified atom stereocenters. The van der Waals surface area contributed by atoms with Crippen molar-refractivity contribution in [1.82, 2.24) is 19.9 Å². The Morgan fingerprint density at radius 1 is 1.23 bits per heavy atom. The molecule has 0 bridgehead atoms. The predicted octanol–water partition coefficient (Wildman–Crippen LogP) is 2.34. The number of carbonyl (C=O) groups excluding carboxylic acids is 1. The molecular weight excluding hydrogens is 378 g/mol. The fraction of sp³-hybridized carbons (Fsp3) is 0.304. The van der Waals surface area contributed by atoms with Crippen LogP contribution >= 0.6 is 0 Å². The lowest BCUT2D eigenvalue weighted by atomic mass is 9.98. The number of likely N-dealkylation sites (N-methyl/N-ethyl adjacent to an activating group) is 1. The second kappa shape index (κ2) is 7.39. The second-order valence-electron chi connectivity index (χ2n) is 7.88. The van der Waals surface area contributed by atoms with Gasteiger partial charge in [0.15, 0.2) is 5.82 Å². The Morgan fingerprint density at radius 3 is 2.73 bits per heavy atom. The Kier molecular flexibility index (Phi) is 4.88. The average molecular weight is 401 g/mol. The maximum atomic E-state index is 12.1. The van der Waals surface area contributed by atoms with E-state index in [1.54, 1.807) is 7.05 Å². The van der Waals surface area contributed by atoms with Crippen LogP contribution in [-0.2, 0) is 4.79 Å². The number of hydrogen-bond donors (Lipinski definition) is 2. The highest BCUT2D eigenvalue weighted by molar-refractivity contribution is 5.91. The summed E-state index contributed by atoms with van der Waals surface area (Å²) < 4.78 is 0. The third-order valence-electron chi connectivity index (χ3n) is 5.35. The molecule has 0 spiro atoms. The van der Waals surface area contributed by atoms with Crippen LogP contribution in [0.5, 0.6) is 0 Å². The number of pyridine rings is 1. The Morgan fingerprint density at radius 2 is 2.03 bits per heavy atom. The quantitative estimate of drug-likeness (QED) is 0.639. The lowest BCUT2D eigenvalue weighted by Gasteiger charge is -2.13. The molecule has 1 fully saturated rings. The van der Waals surface area contributed by atoms with E-state index in [-0.39, 0.29) is 11.8 Å². The van der Waals surface area contributed by atoms with Crippen molar-refractivity contribution in [2.45, 2.75) is 31.8 Å². The van der Waals surface area contributed by atoms with Crippen molar-refractivity contribution >= 4 is 22.8 Å². The van der Waals surface area contributed by atoms with E-state index in [1.165, 1.54) is 11.2 Å². The van der Waals surface area contributed by atoms with Crippen LogP contribution in [0.2, 0.25) is 0 Å². The highest BCUT2D eigenvalue weighted by atomic mass is 16.3. The molecule has 3 N–H and O–H groups in total. The number of nitrogens with two attached hydrogens (primary N) is 1. The summed E-state index contributed by atoms with van der Waals surface area (Å²) in [5.41, 5.74) is 9.09. The molecule has 0 aliphatic carbocycles. The summed E-state index contributed by atoms with van der Waals surface area (Å²) >= 11 is 0. The monoisotopic (exact) mass is 401 g/mol. The summed E-state index contributed by atoms with van der Waals surface area (Å²) in [6.45, 7) is 4.68. The zero-order valence-corrected chi connectivity index (χ0v) is 17.2. The molecule has 3 heterocycles. The standard InChI is InChI=1S/C23H23N5O2/c1-14(2)17-12-18(27-20-19(17)25-13-26-21(20)24)16-6-4-5-15(11-16)7-8-23(30)9-10-28(3)22(23)29/h4-6,11-14,30H,9-10H2,1-3H3,(H2,24,25,26)/t23-/m0/s1. The zero-order chi connectivity index (χ0) is 21.5. The molecule has 1 saturated heterocycles. The maximum Gasteiger partial charge on any atom is 0.267 e. The summed E-state index contributed by atoms with van der Waals surface area (Å²) in [7, 11) is 1.66. The van der Waals surface area contributed by atoms with Crippen LogP contribution in [0.4, 0.5) is 5.82 Å². The molecule has 7 nitrogen and oxygen atoms in total. The first kappa shape index (κ1) is 19.8. The van der Waals surface area contributed by atoms with Gasteiger partial charge in [0.2, 0.25) is 5.60 Å². The van der Waals surface area contributed by atoms with Crippen molar-refractivity contribution in [1.29, 1.82) is 0 Å². The van der Waals surface area contributed by atoms with E-state index in [2.05, 4.69) is 35.7 Å². The minimum Gasteiger partial charge on any atom is -0.382 e. The molecule has 1 atom stereocenters. The van der Waals surface area contributed by atoms with Crippen LogP contribution in [-0.4, -0.2) is 50.1 Å². The van der Waals surface area contributed by atoms with Crippen molar-refractivity contribution in [2.75, 3.05) is 19.3 Å². The van der Waals surface area contributed by atoms with Crippen molar-refractivity contribution in [2.24, 2.45) is 0 Å². The van der Waals surface area contributed by atoms with Gasteiger partial charge in [-0.25, -0.2) is 15.0 Å². The first-order valence-corrected chi connectivity index (χ1v) is 9.81. The second-order valence-corrected chi connectivity index (χ2v) is 7.88. The minimum absolute atomic E-state index is 0.228. The van der Waals surface area contributed by atoms with Crippen LogP contribution < -0.4 is 5.73 Å². The Labute approximate surface area is 175 Å². The Hall–Kier alpha value is -3.50. The number of aromatic nitrogens is 3. The molecule has 3 aromatic rings. The number of likely N-dealkylation sites (tertiary alicyclic amines) is 1. The number of amides is 1. The van der Waals surface area contributed by atoms with Crippen LogP contribution in [0.3, 0.4) is 0 Å². The molecule has 4 rings (SSSR count). The molecular formula is C23H23N5O2. The van der Waals surface area contributed by atoms with Crippen LogP contribution in [0, 0.1) is 11.8 Å². The van der Waals surface area contributed by atoms with E-state index in [0.717, 1.165) is 22.3 Å². The number of rotatable bonds is 2. The first-order valence-electron chi connectivity index (χ1n) is 9.81. The molecule has 1 aliphatic rings. The van der Waals surface area contributed by atoms with E-state index < -0.39 is 5.60 Å². The largest absolute Gasteiger partial charge is 0.382 e. The third-order valence-corrected chi connectivity index (χ3v) is 5.35. The minimum atomic E-state index is -1.62. The highest BCUT2D eigenvalue weighted by Crippen LogP contribution is 2.30. The molecule has 1 aliphatic heterocycles. The summed E-state index contributed by atoms with van der Waals surface area (Å²) in [4.78, 5) is 26.8. The number of hydrogen-bond acceptors (Lipinski definition) is 6. The molecule has 7 heteroatoms. The number of aliphatic hydroxyl groups is 1. The fourth-order valence-corrected chi connectivity index (χ4v) is 3.57. The van der Waals surface area contributed by atoms with Gasteiger partial charge in [0.1, 0.15) is 11.8 Å². The summed E-state index contributed by atoms with van der Waals surface area (Å²) in [6.07, 6.45) is 1.76. The summed E-state index contributed by atoms with van der Waals surface area (Å²) in [5.74, 6) is 5.91. The van der Waals surface area contributed by atoms with Gasteiger partial charge in [0.25, 0.3) is 5.91 Å². The molecule has 152 valence electrons. The lowest BCUT2D eigenvalue weighted by Crippen LogP contribution is -2.37. The van der Waals surface area contributed by atoms with E-state index in [0.29, 0.717) is 29.9 Å². The number of carbonyl (C=O) groups is 1. The number of nitrogens with zero attached hydrogens (tertiary/aromatic N) is 4. The molecule has 0 saturated carbocycles. The van der Waals surface area contributed by atoms with Crippen LogP contribution in [0.1, 0.15) is 37.3 Å². The normalized spacial score (nSPS) is 18.7. The Bertz CT molecular complexity index is 1210. The molecule has 0 radical (unpaired) electrons. The van der Waals surface area contributed by atoms with E-state index in [9.17, 15) is 9.90 Å². The van der Waals surface area contributed by atoms with Gasteiger partial charge in [-0.2, -0.15) is 0 Å². The number of fused-ring (bicyclic) bond motifs is 1. The zero-order valence-electron chi connectivity index (χ0n) is 17.2. The first-order chi connectivity index (χ1) is 14.3. The van der Waals surface area contributed by atoms with E-state index in [4.69, 9.17) is 10.7 Å².